The van der Waals surface area contributed by atoms with Crippen molar-refractivity contribution in [3.05, 3.63) is 77.7 Å². The number of halogens is 1. The first-order chi connectivity index (χ1) is 13.4. The number of nitrogens with one attached hydrogen (secondary N) is 1. The van der Waals surface area contributed by atoms with Crippen molar-refractivity contribution >= 4 is 38.3 Å². The summed E-state index contributed by atoms with van der Waals surface area (Å²) in [6.45, 7) is 5.24. The van der Waals surface area contributed by atoms with Crippen LogP contribution in [-0.2, 0) is 19.4 Å². The minimum atomic E-state index is -4.07. The summed E-state index contributed by atoms with van der Waals surface area (Å²) in [7, 11) is -4.07. The molecule has 1 N–H and O–H groups in total. The molecule has 6 nitrogen and oxygen atoms in total. The van der Waals surface area contributed by atoms with Gasteiger partial charge in [-0.25, -0.2) is 8.42 Å². The summed E-state index contributed by atoms with van der Waals surface area (Å²) in [4.78, 5) is 19.1. The fourth-order valence-electron chi connectivity index (χ4n) is 2.86. The zero-order chi connectivity index (χ0) is 20.3. The Labute approximate surface area is 168 Å². The Morgan fingerprint density at radius 2 is 2.11 bits per heavy atom. The highest BCUT2D eigenvalue weighted by atomic mass is 35.5. The lowest BCUT2D eigenvalue weighted by Crippen LogP contribution is -2.25. The lowest BCUT2D eigenvalue weighted by atomic mass is 10.2. The smallest absolute Gasteiger partial charge is 0.307 e. The van der Waals surface area contributed by atoms with Crippen LogP contribution in [0, 0.1) is 0 Å². The number of nitrogens with zero attached hydrogens (tertiary/aromatic N) is 1. The fourth-order valence-corrected chi connectivity index (χ4v) is 4.78. The van der Waals surface area contributed by atoms with E-state index in [4.69, 9.17) is 16.3 Å². The van der Waals surface area contributed by atoms with E-state index in [-0.39, 0.29) is 12.1 Å². The van der Waals surface area contributed by atoms with E-state index in [9.17, 15) is 13.2 Å². The van der Waals surface area contributed by atoms with Crippen molar-refractivity contribution in [1.82, 2.24) is 9.97 Å². The Morgan fingerprint density at radius 1 is 1.32 bits per heavy atom. The Morgan fingerprint density at radius 3 is 2.75 bits per heavy atom. The molecule has 0 radical (unpaired) electrons. The van der Waals surface area contributed by atoms with Crippen LogP contribution in [0.4, 0.5) is 0 Å². The lowest BCUT2D eigenvalue weighted by molar-refractivity contribution is -0.145. The molecule has 0 aliphatic heterocycles. The number of carbonyl (C=O) groups is 1. The summed E-state index contributed by atoms with van der Waals surface area (Å²) in [6.07, 6.45) is 2.82. The first-order valence-electron chi connectivity index (χ1n) is 8.60. The maximum atomic E-state index is 13.4. The van der Waals surface area contributed by atoms with Gasteiger partial charge in [0, 0.05) is 28.5 Å². The van der Waals surface area contributed by atoms with Crippen molar-refractivity contribution in [2.24, 2.45) is 0 Å². The molecule has 0 spiro atoms. The zero-order valence-electron chi connectivity index (χ0n) is 15.1. The molecule has 3 rings (SSSR count). The van der Waals surface area contributed by atoms with Gasteiger partial charge in [-0.3, -0.25) is 9.78 Å². The van der Waals surface area contributed by atoms with E-state index in [0.29, 0.717) is 21.6 Å². The van der Waals surface area contributed by atoms with E-state index >= 15 is 0 Å². The topological polar surface area (TPSA) is 89.1 Å². The molecule has 3 aromatic rings. The summed E-state index contributed by atoms with van der Waals surface area (Å²) in [5.74, 6) is -0.630. The van der Waals surface area contributed by atoms with Crippen LogP contribution in [0.2, 0.25) is 5.02 Å². The van der Waals surface area contributed by atoms with Crippen molar-refractivity contribution < 1.29 is 17.9 Å². The molecule has 8 heteroatoms. The highest BCUT2D eigenvalue weighted by Crippen LogP contribution is 2.36. The van der Waals surface area contributed by atoms with Gasteiger partial charge in [-0.15, -0.1) is 6.58 Å². The van der Waals surface area contributed by atoms with Crippen molar-refractivity contribution in [3.8, 4) is 0 Å². The quantitative estimate of drug-likeness (QED) is 0.450. The average molecular weight is 419 g/mol. The van der Waals surface area contributed by atoms with E-state index < -0.39 is 26.5 Å². The lowest BCUT2D eigenvalue weighted by Gasteiger charge is -2.21. The van der Waals surface area contributed by atoms with Gasteiger partial charge in [0.15, 0.2) is 0 Å². The van der Waals surface area contributed by atoms with Gasteiger partial charge >= 0.3 is 5.97 Å². The number of pyridine rings is 1. The van der Waals surface area contributed by atoms with Gasteiger partial charge in [0.1, 0.15) is 5.25 Å². The van der Waals surface area contributed by atoms with Crippen molar-refractivity contribution in [3.63, 3.8) is 0 Å². The predicted molar refractivity (Wildman–Crippen MR) is 109 cm³/mol. The third kappa shape index (κ3) is 3.95. The fraction of sp³-hybridized carbons (Fsp3) is 0.200. The van der Waals surface area contributed by atoms with Gasteiger partial charge in [0.25, 0.3) is 0 Å². The minimum absolute atomic E-state index is 0.0421. The molecular weight excluding hydrogens is 400 g/mol. The molecule has 0 bridgehead atoms. The second-order valence-corrected chi connectivity index (χ2v) is 8.68. The molecule has 2 atom stereocenters. The molecule has 2 heterocycles. The number of fused-ring (bicyclic) bond motifs is 1. The molecule has 0 aliphatic rings. The van der Waals surface area contributed by atoms with Crippen LogP contribution in [0.1, 0.15) is 35.4 Å². The maximum absolute atomic E-state index is 13.4. The highest BCUT2D eigenvalue weighted by Gasteiger charge is 2.39. The SMILES string of the molecule is C=CC(c1ccccn1)S(=O)(=O)C(OC(=O)CC)c1cc2cc(Cl)ccc2[nH]1. The van der Waals surface area contributed by atoms with Crippen LogP contribution >= 0.6 is 11.6 Å². The summed E-state index contributed by atoms with van der Waals surface area (Å²) >= 11 is 6.02. The summed E-state index contributed by atoms with van der Waals surface area (Å²) in [5, 5.41) is 0.0852. The van der Waals surface area contributed by atoms with Crippen LogP contribution < -0.4 is 0 Å². The number of sulfone groups is 1. The van der Waals surface area contributed by atoms with Crippen LogP contribution in [0.15, 0.2) is 61.3 Å². The monoisotopic (exact) mass is 418 g/mol. The molecule has 146 valence electrons. The van der Waals surface area contributed by atoms with E-state index in [1.165, 1.54) is 12.3 Å². The molecule has 0 saturated heterocycles. The zero-order valence-corrected chi connectivity index (χ0v) is 16.7. The Hall–Kier alpha value is -2.64. The van der Waals surface area contributed by atoms with E-state index in [2.05, 4.69) is 16.5 Å². The van der Waals surface area contributed by atoms with Crippen LogP contribution in [0.5, 0.6) is 0 Å². The number of aromatic amines is 1. The van der Waals surface area contributed by atoms with Gasteiger partial charge in [-0.1, -0.05) is 30.7 Å². The first-order valence-corrected chi connectivity index (χ1v) is 10.6. The van der Waals surface area contributed by atoms with Crippen LogP contribution in [0.25, 0.3) is 10.9 Å². The second-order valence-electron chi connectivity index (χ2n) is 6.13. The number of hydrogen-bond donors (Lipinski definition) is 1. The molecular formula is C20H19ClN2O4S. The number of carbonyl (C=O) groups excluding carboxylic acids is 1. The number of benzene rings is 1. The molecule has 28 heavy (non-hydrogen) atoms. The van der Waals surface area contributed by atoms with Gasteiger partial charge < -0.3 is 9.72 Å². The van der Waals surface area contributed by atoms with Crippen LogP contribution in [0.3, 0.4) is 0 Å². The molecule has 1 aromatic carbocycles. The molecule has 2 unspecified atom stereocenters. The van der Waals surface area contributed by atoms with E-state index in [1.807, 2.05) is 0 Å². The maximum Gasteiger partial charge on any atom is 0.307 e. The molecule has 0 aliphatic carbocycles. The van der Waals surface area contributed by atoms with Gasteiger partial charge in [0.2, 0.25) is 15.3 Å². The summed E-state index contributed by atoms with van der Waals surface area (Å²) < 4.78 is 32.2. The van der Waals surface area contributed by atoms with Crippen molar-refractivity contribution in [2.75, 3.05) is 0 Å². The van der Waals surface area contributed by atoms with Crippen LogP contribution in [-0.4, -0.2) is 24.4 Å². The van der Waals surface area contributed by atoms with Crippen molar-refractivity contribution in [2.45, 2.75) is 24.0 Å². The Balaban J connectivity index is 2.12. The molecule has 2 aromatic heterocycles. The number of rotatable bonds is 7. The van der Waals surface area contributed by atoms with Gasteiger partial charge in [-0.05, 0) is 36.4 Å². The minimum Gasteiger partial charge on any atom is -0.439 e. The predicted octanol–water partition coefficient (Wildman–Crippen LogP) is 4.51. The largest absolute Gasteiger partial charge is 0.439 e. The van der Waals surface area contributed by atoms with Gasteiger partial charge in [0.05, 0.1) is 11.4 Å². The average Bonchev–Trinajstić information content (AvgIpc) is 3.09. The second kappa shape index (κ2) is 8.16. The third-order valence-corrected chi connectivity index (χ3v) is 6.55. The Kier molecular flexibility index (Phi) is 5.86. The number of esters is 1. The number of ether oxygens (including phenoxy) is 1. The summed E-state index contributed by atoms with van der Waals surface area (Å²) in [5.41, 5.74) is -0.313. The highest BCUT2D eigenvalue weighted by molar-refractivity contribution is 7.91. The first kappa shape index (κ1) is 20.1. The van der Waals surface area contributed by atoms with Gasteiger partial charge in [-0.2, -0.15) is 0 Å². The third-order valence-electron chi connectivity index (χ3n) is 4.23. The number of H-pyrrole nitrogens is 1. The summed E-state index contributed by atoms with van der Waals surface area (Å²) in [6, 6.07) is 11.7. The molecule has 0 amide bonds. The molecule has 0 saturated carbocycles. The normalized spacial score (nSPS) is 13.8. The standard InChI is InChI=1S/C20H19ClN2O4S/c1-3-18(16-7-5-6-10-22-16)28(25,26)20(27-19(24)4-2)17-12-13-11-14(21)8-9-15(13)23-17/h3,5-12,18,20,23H,1,4H2,2H3. The Bertz CT molecular complexity index is 1110. The van der Waals surface area contributed by atoms with E-state index in [0.717, 1.165) is 0 Å². The van der Waals surface area contributed by atoms with Crippen molar-refractivity contribution in [1.29, 1.82) is 0 Å². The molecule has 0 fully saturated rings. The number of aromatic nitrogens is 2. The number of hydrogen-bond acceptors (Lipinski definition) is 5. The van der Waals surface area contributed by atoms with E-state index in [1.54, 1.807) is 49.4 Å².